The summed E-state index contributed by atoms with van der Waals surface area (Å²) in [4.78, 5) is -0.511. The molecule has 0 radical (unpaired) electrons. The van der Waals surface area contributed by atoms with E-state index in [4.69, 9.17) is 9.47 Å². The van der Waals surface area contributed by atoms with E-state index < -0.39 is 26.6 Å². The molecule has 30 heavy (non-hydrogen) atoms. The molecular weight excluding hydrogens is 412 g/mol. The summed E-state index contributed by atoms with van der Waals surface area (Å²) in [5.41, 5.74) is 0.699. The van der Waals surface area contributed by atoms with Crippen LogP contribution < -0.4 is 9.47 Å². The van der Waals surface area contributed by atoms with Gasteiger partial charge in [0.15, 0.2) is 11.5 Å². The fourth-order valence-corrected chi connectivity index (χ4v) is 5.48. The maximum atomic E-state index is 14.4. The second-order valence-electron chi connectivity index (χ2n) is 7.72. The number of halogens is 2. The first-order valence-corrected chi connectivity index (χ1v) is 11.5. The van der Waals surface area contributed by atoms with Crippen molar-refractivity contribution in [3.63, 3.8) is 0 Å². The first-order chi connectivity index (χ1) is 14.2. The van der Waals surface area contributed by atoms with Crippen LogP contribution in [0.3, 0.4) is 0 Å². The highest BCUT2D eigenvalue weighted by molar-refractivity contribution is 7.89. The van der Waals surface area contributed by atoms with Gasteiger partial charge < -0.3 is 9.47 Å². The van der Waals surface area contributed by atoms with E-state index in [0.29, 0.717) is 36.0 Å². The fourth-order valence-electron chi connectivity index (χ4n) is 3.76. The number of rotatable bonds is 8. The molecule has 2 aromatic carbocycles. The van der Waals surface area contributed by atoms with Crippen molar-refractivity contribution in [1.29, 1.82) is 0 Å². The van der Waals surface area contributed by atoms with Crippen LogP contribution in [0.5, 0.6) is 11.5 Å². The molecule has 0 spiro atoms. The van der Waals surface area contributed by atoms with Gasteiger partial charge in [0.05, 0.1) is 13.2 Å². The Morgan fingerprint density at radius 3 is 2.37 bits per heavy atom. The second kappa shape index (κ2) is 9.31. The lowest BCUT2D eigenvalue weighted by Gasteiger charge is -2.28. The van der Waals surface area contributed by atoms with Crippen LogP contribution in [0.25, 0.3) is 0 Å². The molecule has 3 rings (SSSR count). The van der Waals surface area contributed by atoms with E-state index >= 15 is 0 Å². The Kier molecular flexibility index (Phi) is 6.98. The largest absolute Gasteiger partial charge is 0.493 e. The zero-order valence-corrected chi connectivity index (χ0v) is 18.2. The highest BCUT2D eigenvalue weighted by Gasteiger charge is 2.35. The molecule has 0 saturated heterocycles. The molecule has 8 heteroatoms. The van der Waals surface area contributed by atoms with Crippen LogP contribution in [-0.4, -0.2) is 32.0 Å². The molecule has 1 fully saturated rings. The van der Waals surface area contributed by atoms with Gasteiger partial charge in [-0.3, -0.25) is 0 Å². The van der Waals surface area contributed by atoms with Crippen LogP contribution in [0, 0.1) is 11.6 Å². The average Bonchev–Trinajstić information content (AvgIpc) is 3.19. The van der Waals surface area contributed by atoms with Gasteiger partial charge in [0, 0.05) is 18.7 Å². The predicted molar refractivity (Wildman–Crippen MR) is 110 cm³/mol. The molecule has 5 nitrogen and oxygen atoms in total. The van der Waals surface area contributed by atoms with Crippen LogP contribution in [0.4, 0.5) is 8.78 Å². The molecule has 0 bridgehead atoms. The predicted octanol–water partition coefficient (Wildman–Crippen LogP) is 4.89. The van der Waals surface area contributed by atoms with Crippen molar-refractivity contribution in [2.45, 2.75) is 63.1 Å². The highest BCUT2D eigenvalue weighted by Crippen LogP contribution is 2.34. The quantitative estimate of drug-likeness (QED) is 0.587. The lowest BCUT2D eigenvalue weighted by Crippen LogP contribution is -2.38. The third-order valence-corrected chi connectivity index (χ3v) is 7.07. The maximum absolute atomic E-state index is 14.4. The second-order valence-corrected chi connectivity index (χ2v) is 9.57. The molecule has 164 valence electrons. The van der Waals surface area contributed by atoms with Crippen LogP contribution in [0.1, 0.15) is 45.1 Å². The maximum Gasteiger partial charge on any atom is 0.246 e. The molecule has 2 aromatic rings. The van der Waals surface area contributed by atoms with Gasteiger partial charge in [-0.15, -0.1) is 0 Å². The molecule has 1 aliphatic rings. The Bertz CT molecular complexity index is 989. The summed E-state index contributed by atoms with van der Waals surface area (Å²) in [6.07, 6.45) is 3.14. The number of ether oxygens (including phenoxy) is 2. The Morgan fingerprint density at radius 1 is 1.07 bits per heavy atom. The number of benzene rings is 2. The highest BCUT2D eigenvalue weighted by atomic mass is 32.2. The SMILES string of the molecule is COc1ccc(CN(C2CCCC2)S(=O)(=O)c2ccc(F)cc2F)cc1OC(C)C. The smallest absolute Gasteiger partial charge is 0.246 e. The Morgan fingerprint density at radius 2 is 1.77 bits per heavy atom. The minimum Gasteiger partial charge on any atom is -0.493 e. The molecule has 0 aliphatic heterocycles. The van der Waals surface area contributed by atoms with E-state index in [1.54, 1.807) is 18.2 Å². The summed E-state index contributed by atoms with van der Waals surface area (Å²) < 4.78 is 66.8. The van der Waals surface area contributed by atoms with Crippen LogP contribution in [-0.2, 0) is 16.6 Å². The third-order valence-electron chi connectivity index (χ3n) is 5.14. The first kappa shape index (κ1) is 22.5. The standard InChI is InChI=1S/C22H27F2NO4S/c1-15(2)29-21-12-16(8-10-20(21)28-3)14-25(18-6-4-5-7-18)30(26,27)22-11-9-17(23)13-19(22)24/h8-13,15,18H,4-7,14H2,1-3H3. The van der Waals surface area contributed by atoms with E-state index in [0.717, 1.165) is 25.0 Å². The van der Waals surface area contributed by atoms with Crippen molar-refractivity contribution in [1.82, 2.24) is 4.31 Å². The summed E-state index contributed by atoms with van der Waals surface area (Å²) >= 11 is 0. The zero-order valence-electron chi connectivity index (χ0n) is 17.4. The lowest BCUT2D eigenvalue weighted by atomic mass is 10.1. The number of hydrogen-bond acceptors (Lipinski definition) is 4. The van der Waals surface area contributed by atoms with Gasteiger partial charge in [0.1, 0.15) is 16.5 Å². The van der Waals surface area contributed by atoms with Crippen LogP contribution in [0.2, 0.25) is 0 Å². The van der Waals surface area contributed by atoms with Crippen molar-refractivity contribution in [3.05, 3.63) is 53.6 Å². The molecule has 0 amide bonds. The first-order valence-electron chi connectivity index (χ1n) is 10.0. The topological polar surface area (TPSA) is 55.8 Å². The molecule has 0 atom stereocenters. The van der Waals surface area contributed by atoms with Crippen molar-refractivity contribution in [2.24, 2.45) is 0 Å². The van der Waals surface area contributed by atoms with Crippen LogP contribution >= 0.6 is 0 Å². The molecule has 0 N–H and O–H groups in total. The summed E-state index contributed by atoms with van der Waals surface area (Å²) in [5.74, 6) is -0.838. The molecule has 0 heterocycles. The minimum atomic E-state index is -4.16. The van der Waals surface area contributed by atoms with Crippen molar-refractivity contribution >= 4 is 10.0 Å². The summed E-state index contributed by atoms with van der Waals surface area (Å²) in [6, 6.07) is 7.55. The number of nitrogens with zero attached hydrogens (tertiary/aromatic N) is 1. The van der Waals surface area contributed by atoms with E-state index in [1.165, 1.54) is 11.4 Å². The summed E-state index contributed by atoms with van der Waals surface area (Å²) in [5, 5.41) is 0. The number of sulfonamides is 1. The molecule has 0 aromatic heterocycles. The van der Waals surface area contributed by atoms with Crippen molar-refractivity contribution in [3.8, 4) is 11.5 Å². The van der Waals surface area contributed by atoms with Gasteiger partial charge in [0.2, 0.25) is 10.0 Å². The van der Waals surface area contributed by atoms with Gasteiger partial charge in [-0.1, -0.05) is 18.9 Å². The van der Waals surface area contributed by atoms with E-state index in [1.807, 2.05) is 13.8 Å². The Labute approximate surface area is 176 Å². The van der Waals surface area contributed by atoms with Gasteiger partial charge in [0.25, 0.3) is 0 Å². The van der Waals surface area contributed by atoms with Gasteiger partial charge in [-0.2, -0.15) is 4.31 Å². The van der Waals surface area contributed by atoms with Gasteiger partial charge >= 0.3 is 0 Å². The third kappa shape index (κ3) is 4.92. The van der Waals surface area contributed by atoms with Gasteiger partial charge in [-0.25, -0.2) is 17.2 Å². The monoisotopic (exact) mass is 439 g/mol. The van der Waals surface area contributed by atoms with Crippen molar-refractivity contribution < 1.29 is 26.7 Å². The van der Waals surface area contributed by atoms with Crippen molar-refractivity contribution in [2.75, 3.05) is 7.11 Å². The lowest BCUT2D eigenvalue weighted by molar-refractivity contribution is 0.229. The molecule has 1 saturated carbocycles. The minimum absolute atomic E-state index is 0.0578. The normalized spacial score (nSPS) is 15.2. The molecule has 1 aliphatic carbocycles. The van der Waals surface area contributed by atoms with E-state index in [9.17, 15) is 17.2 Å². The average molecular weight is 440 g/mol. The number of hydrogen-bond donors (Lipinski definition) is 0. The summed E-state index contributed by atoms with van der Waals surface area (Å²) in [6.45, 7) is 3.83. The van der Waals surface area contributed by atoms with Crippen LogP contribution in [0.15, 0.2) is 41.3 Å². The van der Waals surface area contributed by atoms with E-state index in [-0.39, 0.29) is 18.7 Å². The van der Waals surface area contributed by atoms with E-state index in [2.05, 4.69) is 0 Å². The Balaban J connectivity index is 1.99. The van der Waals surface area contributed by atoms with Gasteiger partial charge in [-0.05, 0) is 56.5 Å². The fraction of sp³-hybridized carbons (Fsp3) is 0.455. The zero-order chi connectivity index (χ0) is 21.9. The molecular formula is C22H27F2NO4S. The Hall–Kier alpha value is -2.19. The molecule has 0 unspecified atom stereocenters. The number of methoxy groups -OCH3 is 1. The summed E-state index contributed by atoms with van der Waals surface area (Å²) in [7, 11) is -2.63.